The maximum absolute atomic E-state index is 5.61. The minimum atomic E-state index is 0.549. The maximum Gasteiger partial charge on any atom is 0.249 e. The summed E-state index contributed by atoms with van der Waals surface area (Å²) in [6, 6.07) is 0. The highest BCUT2D eigenvalue weighted by Crippen LogP contribution is 2.28. The second-order valence-electron chi connectivity index (χ2n) is 2.06. The number of halogens is 1. The molecule has 0 fully saturated rings. The SMILES string of the molecule is CCOc1nn(C)c(N)c1Br. The molecule has 0 saturated heterocycles. The zero-order chi connectivity index (χ0) is 8.43. The predicted molar refractivity (Wildman–Crippen MR) is 46.5 cm³/mol. The van der Waals surface area contributed by atoms with Crippen LogP contribution >= 0.6 is 15.9 Å². The van der Waals surface area contributed by atoms with Crippen LogP contribution in [0.5, 0.6) is 5.88 Å². The van der Waals surface area contributed by atoms with Crippen molar-refractivity contribution in [1.82, 2.24) is 9.78 Å². The van der Waals surface area contributed by atoms with E-state index in [4.69, 9.17) is 10.5 Å². The lowest BCUT2D eigenvalue weighted by molar-refractivity contribution is 0.321. The fourth-order valence-electron chi connectivity index (χ4n) is 0.715. The fraction of sp³-hybridized carbons (Fsp3) is 0.500. The molecule has 0 bridgehead atoms. The summed E-state index contributed by atoms with van der Waals surface area (Å²) in [4.78, 5) is 0. The second kappa shape index (κ2) is 3.13. The van der Waals surface area contributed by atoms with Crippen LogP contribution in [0.1, 0.15) is 6.92 Å². The highest BCUT2D eigenvalue weighted by atomic mass is 79.9. The standard InChI is InChI=1S/C6H10BrN3O/c1-3-11-6-4(7)5(8)10(2)9-6/h3,8H2,1-2H3. The van der Waals surface area contributed by atoms with Crippen LogP contribution in [0, 0.1) is 0 Å². The molecule has 0 spiro atoms. The quantitative estimate of drug-likeness (QED) is 0.813. The van der Waals surface area contributed by atoms with E-state index in [1.807, 2.05) is 6.92 Å². The first-order valence-electron chi connectivity index (χ1n) is 3.27. The van der Waals surface area contributed by atoms with Crippen molar-refractivity contribution in [2.45, 2.75) is 6.92 Å². The van der Waals surface area contributed by atoms with E-state index in [1.165, 1.54) is 0 Å². The number of nitrogens with zero attached hydrogens (tertiary/aromatic N) is 2. The summed E-state index contributed by atoms with van der Waals surface area (Å²) in [5.41, 5.74) is 5.61. The molecule has 0 atom stereocenters. The third kappa shape index (κ3) is 1.48. The number of ether oxygens (including phenoxy) is 1. The zero-order valence-electron chi connectivity index (χ0n) is 6.47. The van der Waals surface area contributed by atoms with Crippen molar-refractivity contribution in [3.8, 4) is 5.88 Å². The molecule has 5 heteroatoms. The number of nitrogens with two attached hydrogens (primary N) is 1. The second-order valence-corrected chi connectivity index (χ2v) is 2.85. The Kier molecular flexibility index (Phi) is 2.38. The van der Waals surface area contributed by atoms with E-state index in [2.05, 4.69) is 21.0 Å². The molecule has 1 aromatic heterocycles. The van der Waals surface area contributed by atoms with E-state index in [1.54, 1.807) is 11.7 Å². The summed E-state index contributed by atoms with van der Waals surface area (Å²) in [6.45, 7) is 2.49. The number of aryl methyl sites for hydroxylation is 1. The predicted octanol–water partition coefficient (Wildman–Crippen LogP) is 1.16. The van der Waals surface area contributed by atoms with E-state index in [0.717, 1.165) is 4.47 Å². The van der Waals surface area contributed by atoms with Gasteiger partial charge in [0.1, 0.15) is 10.3 Å². The molecule has 11 heavy (non-hydrogen) atoms. The molecule has 0 radical (unpaired) electrons. The summed E-state index contributed by atoms with van der Waals surface area (Å²) in [5.74, 6) is 1.13. The van der Waals surface area contributed by atoms with Gasteiger partial charge < -0.3 is 10.5 Å². The molecule has 0 saturated carbocycles. The molecule has 0 aliphatic carbocycles. The van der Waals surface area contributed by atoms with Gasteiger partial charge in [0.25, 0.3) is 0 Å². The Morgan fingerprint density at radius 2 is 2.36 bits per heavy atom. The van der Waals surface area contributed by atoms with Gasteiger partial charge in [0.15, 0.2) is 0 Å². The van der Waals surface area contributed by atoms with Crippen LogP contribution in [0.15, 0.2) is 4.47 Å². The average molecular weight is 220 g/mol. The number of hydrogen-bond donors (Lipinski definition) is 1. The minimum Gasteiger partial charge on any atom is -0.476 e. The first-order chi connectivity index (χ1) is 5.16. The zero-order valence-corrected chi connectivity index (χ0v) is 8.05. The van der Waals surface area contributed by atoms with Gasteiger partial charge in [0.2, 0.25) is 5.88 Å². The van der Waals surface area contributed by atoms with Crippen molar-refractivity contribution < 1.29 is 4.74 Å². The van der Waals surface area contributed by atoms with E-state index in [0.29, 0.717) is 18.3 Å². The summed E-state index contributed by atoms with van der Waals surface area (Å²) < 4.78 is 7.47. The Bertz CT molecular complexity index is 259. The minimum absolute atomic E-state index is 0.549. The molecule has 0 amide bonds. The summed E-state index contributed by atoms with van der Waals surface area (Å²) in [7, 11) is 1.77. The largest absolute Gasteiger partial charge is 0.476 e. The average Bonchev–Trinajstić information content (AvgIpc) is 2.19. The van der Waals surface area contributed by atoms with Gasteiger partial charge in [-0.05, 0) is 22.9 Å². The van der Waals surface area contributed by atoms with Crippen molar-refractivity contribution in [2.75, 3.05) is 12.3 Å². The lowest BCUT2D eigenvalue weighted by Crippen LogP contribution is -1.97. The fourth-order valence-corrected chi connectivity index (χ4v) is 1.16. The lowest BCUT2D eigenvalue weighted by Gasteiger charge is -1.95. The van der Waals surface area contributed by atoms with Crippen LogP contribution in [0.25, 0.3) is 0 Å². The van der Waals surface area contributed by atoms with Crippen molar-refractivity contribution in [2.24, 2.45) is 7.05 Å². The van der Waals surface area contributed by atoms with Gasteiger partial charge in [0, 0.05) is 7.05 Å². The molecule has 62 valence electrons. The van der Waals surface area contributed by atoms with E-state index < -0.39 is 0 Å². The maximum atomic E-state index is 5.61. The lowest BCUT2D eigenvalue weighted by atomic mass is 10.6. The first kappa shape index (κ1) is 8.39. The number of aromatic nitrogens is 2. The Labute approximate surface area is 73.5 Å². The third-order valence-electron chi connectivity index (χ3n) is 1.28. The summed E-state index contributed by atoms with van der Waals surface area (Å²) in [5, 5.41) is 4.02. The monoisotopic (exact) mass is 219 g/mol. The normalized spacial score (nSPS) is 10.1. The Balaban J connectivity index is 2.98. The van der Waals surface area contributed by atoms with Crippen molar-refractivity contribution in [1.29, 1.82) is 0 Å². The Morgan fingerprint density at radius 1 is 1.73 bits per heavy atom. The number of nitrogen functional groups attached to an aromatic ring is 1. The van der Waals surface area contributed by atoms with Gasteiger partial charge in [-0.1, -0.05) is 0 Å². The van der Waals surface area contributed by atoms with E-state index in [-0.39, 0.29) is 0 Å². The number of anilines is 1. The van der Waals surface area contributed by atoms with Crippen molar-refractivity contribution in [3.05, 3.63) is 4.47 Å². The van der Waals surface area contributed by atoms with Gasteiger partial charge in [-0.2, -0.15) is 0 Å². The van der Waals surface area contributed by atoms with E-state index >= 15 is 0 Å². The van der Waals surface area contributed by atoms with Gasteiger partial charge in [-0.3, -0.25) is 0 Å². The van der Waals surface area contributed by atoms with Crippen molar-refractivity contribution in [3.63, 3.8) is 0 Å². The van der Waals surface area contributed by atoms with E-state index in [9.17, 15) is 0 Å². The molecule has 0 aliphatic heterocycles. The Hall–Kier alpha value is -0.710. The van der Waals surface area contributed by atoms with Crippen LogP contribution in [-0.4, -0.2) is 16.4 Å². The molecule has 4 nitrogen and oxygen atoms in total. The van der Waals surface area contributed by atoms with Crippen LogP contribution in [-0.2, 0) is 7.05 Å². The van der Waals surface area contributed by atoms with Crippen LogP contribution in [0.3, 0.4) is 0 Å². The highest BCUT2D eigenvalue weighted by molar-refractivity contribution is 9.10. The molecular weight excluding hydrogens is 210 g/mol. The number of hydrogen-bond acceptors (Lipinski definition) is 3. The molecule has 1 heterocycles. The molecule has 0 aliphatic rings. The van der Waals surface area contributed by atoms with Crippen LogP contribution in [0.4, 0.5) is 5.82 Å². The highest BCUT2D eigenvalue weighted by Gasteiger charge is 2.10. The molecule has 1 aromatic rings. The topological polar surface area (TPSA) is 53.1 Å². The van der Waals surface area contributed by atoms with Crippen LogP contribution in [0.2, 0.25) is 0 Å². The summed E-state index contributed by atoms with van der Waals surface area (Å²) in [6.07, 6.45) is 0. The molecule has 0 aromatic carbocycles. The summed E-state index contributed by atoms with van der Waals surface area (Å²) >= 11 is 3.27. The van der Waals surface area contributed by atoms with Gasteiger partial charge in [0.05, 0.1) is 6.61 Å². The number of rotatable bonds is 2. The molecule has 0 unspecified atom stereocenters. The van der Waals surface area contributed by atoms with Gasteiger partial charge in [-0.15, -0.1) is 5.10 Å². The third-order valence-corrected chi connectivity index (χ3v) is 2.03. The van der Waals surface area contributed by atoms with Gasteiger partial charge in [-0.25, -0.2) is 4.68 Å². The van der Waals surface area contributed by atoms with Crippen molar-refractivity contribution >= 4 is 21.7 Å². The molecular formula is C6H10BrN3O. The molecule has 2 N–H and O–H groups in total. The van der Waals surface area contributed by atoms with Crippen LogP contribution < -0.4 is 10.5 Å². The first-order valence-corrected chi connectivity index (χ1v) is 4.06. The molecule has 1 rings (SSSR count). The van der Waals surface area contributed by atoms with Gasteiger partial charge >= 0.3 is 0 Å². The Morgan fingerprint density at radius 3 is 2.73 bits per heavy atom. The smallest absolute Gasteiger partial charge is 0.249 e.